The molecule has 3 rings (SSSR count). The zero-order valence-electron chi connectivity index (χ0n) is 19.9. The van der Waals surface area contributed by atoms with Crippen molar-refractivity contribution < 1.29 is 17.9 Å². The van der Waals surface area contributed by atoms with Crippen molar-refractivity contribution in [2.45, 2.75) is 45.1 Å². The maximum absolute atomic E-state index is 13.1. The lowest BCUT2D eigenvalue weighted by molar-refractivity contribution is 0.0935. The first kappa shape index (κ1) is 25.6. The number of carbonyl (C=O) groups is 1. The molecule has 0 aliphatic carbocycles. The Morgan fingerprint density at radius 3 is 2.35 bits per heavy atom. The Bertz CT molecular complexity index is 1320. The van der Waals surface area contributed by atoms with Crippen molar-refractivity contribution >= 4 is 33.2 Å². The van der Waals surface area contributed by atoms with Crippen LogP contribution in [0.25, 0.3) is 0 Å². The zero-order valence-corrected chi connectivity index (χ0v) is 21.5. The van der Waals surface area contributed by atoms with Crippen molar-refractivity contribution in [3.63, 3.8) is 0 Å². The van der Waals surface area contributed by atoms with Crippen molar-refractivity contribution in [1.82, 2.24) is 5.32 Å². The van der Waals surface area contributed by atoms with E-state index in [4.69, 9.17) is 16.3 Å². The van der Waals surface area contributed by atoms with Gasteiger partial charge in [0, 0.05) is 5.56 Å². The molecule has 0 aliphatic rings. The largest absolute Gasteiger partial charge is 0.496 e. The molecule has 0 heterocycles. The normalized spacial score (nSPS) is 12.2. The van der Waals surface area contributed by atoms with E-state index in [1.165, 1.54) is 18.2 Å². The van der Waals surface area contributed by atoms with E-state index in [-0.39, 0.29) is 27.4 Å². The number of benzene rings is 3. The molecule has 0 bridgehead atoms. The SMILES string of the molecule is CCC(NC(=O)c1ccc(Cl)c(S(=O)(=O)Nc2ccc(C)cc2C)c1)c1ccc(OC)c(C)c1. The molecular formula is C26H29ClN2O4S. The second-order valence-electron chi connectivity index (χ2n) is 8.23. The fourth-order valence-corrected chi connectivity index (χ4v) is 5.42. The Morgan fingerprint density at radius 1 is 1.00 bits per heavy atom. The van der Waals surface area contributed by atoms with Gasteiger partial charge in [0.05, 0.1) is 23.9 Å². The Balaban J connectivity index is 1.86. The van der Waals surface area contributed by atoms with Crippen LogP contribution in [0, 0.1) is 20.8 Å². The van der Waals surface area contributed by atoms with Gasteiger partial charge in [0.15, 0.2) is 0 Å². The maximum atomic E-state index is 13.1. The molecule has 0 radical (unpaired) electrons. The van der Waals surface area contributed by atoms with Gasteiger partial charge in [0.2, 0.25) is 0 Å². The van der Waals surface area contributed by atoms with Gasteiger partial charge in [-0.2, -0.15) is 0 Å². The topological polar surface area (TPSA) is 84.5 Å². The summed E-state index contributed by atoms with van der Waals surface area (Å²) in [5.74, 6) is 0.383. The van der Waals surface area contributed by atoms with E-state index in [0.717, 1.165) is 28.0 Å². The Labute approximate surface area is 206 Å². The summed E-state index contributed by atoms with van der Waals surface area (Å²) in [6, 6.07) is 15.1. The average Bonchev–Trinajstić information content (AvgIpc) is 2.79. The van der Waals surface area contributed by atoms with E-state index in [1.54, 1.807) is 13.2 Å². The van der Waals surface area contributed by atoms with Crippen molar-refractivity contribution in [3.8, 4) is 5.75 Å². The summed E-state index contributed by atoms with van der Waals surface area (Å²) in [5, 5.41) is 3.02. The molecule has 0 saturated carbocycles. The second-order valence-corrected chi connectivity index (χ2v) is 10.3. The molecule has 0 spiro atoms. The molecule has 1 amide bonds. The summed E-state index contributed by atoms with van der Waals surface area (Å²) < 4.78 is 34.1. The van der Waals surface area contributed by atoms with Gasteiger partial charge in [-0.1, -0.05) is 48.4 Å². The molecule has 1 atom stereocenters. The molecule has 0 aromatic heterocycles. The summed E-state index contributed by atoms with van der Waals surface area (Å²) in [6.07, 6.45) is 0.657. The first-order valence-electron chi connectivity index (χ1n) is 10.9. The van der Waals surface area contributed by atoms with Gasteiger partial charge in [0.25, 0.3) is 15.9 Å². The highest BCUT2D eigenvalue weighted by Gasteiger charge is 2.22. The quantitative estimate of drug-likeness (QED) is 0.400. The number of methoxy groups -OCH3 is 1. The summed E-state index contributed by atoms with van der Waals surface area (Å²) in [5.41, 5.74) is 4.37. The number of carbonyl (C=O) groups excluding carboxylic acids is 1. The average molecular weight is 501 g/mol. The molecule has 0 aliphatic heterocycles. The van der Waals surface area contributed by atoms with Gasteiger partial charge >= 0.3 is 0 Å². The smallest absolute Gasteiger partial charge is 0.263 e. The minimum atomic E-state index is -4.01. The highest BCUT2D eigenvalue weighted by molar-refractivity contribution is 7.92. The monoisotopic (exact) mass is 500 g/mol. The van der Waals surface area contributed by atoms with Gasteiger partial charge in [-0.25, -0.2) is 8.42 Å². The third-order valence-corrected chi connectivity index (χ3v) is 7.49. The van der Waals surface area contributed by atoms with Crippen LogP contribution in [0.4, 0.5) is 5.69 Å². The van der Waals surface area contributed by atoms with Crippen molar-refractivity contribution in [2.24, 2.45) is 0 Å². The standard InChI is InChI=1S/C26H29ClN2O4S/c1-6-22(19-9-12-24(33-5)18(4)14-19)28-26(30)20-8-10-21(27)25(15-20)34(31,32)29-23-11-7-16(2)13-17(23)3/h7-15,22,29H,6H2,1-5H3,(H,28,30). The number of sulfonamides is 1. The van der Waals surface area contributed by atoms with Crippen LogP contribution in [0.15, 0.2) is 59.5 Å². The lowest BCUT2D eigenvalue weighted by atomic mass is 10.0. The molecule has 6 nitrogen and oxygen atoms in total. The number of aryl methyl sites for hydroxylation is 3. The molecular weight excluding hydrogens is 472 g/mol. The van der Waals surface area contributed by atoms with Crippen LogP contribution in [0.5, 0.6) is 5.75 Å². The number of rotatable bonds is 8. The van der Waals surface area contributed by atoms with E-state index >= 15 is 0 Å². The molecule has 0 fully saturated rings. The molecule has 2 N–H and O–H groups in total. The summed E-state index contributed by atoms with van der Waals surface area (Å²) in [4.78, 5) is 12.9. The number of nitrogens with one attached hydrogen (secondary N) is 2. The first-order chi connectivity index (χ1) is 16.1. The Morgan fingerprint density at radius 2 is 1.74 bits per heavy atom. The minimum absolute atomic E-state index is 0.0339. The zero-order chi connectivity index (χ0) is 25.0. The van der Waals surface area contributed by atoms with E-state index in [0.29, 0.717) is 12.1 Å². The van der Waals surface area contributed by atoms with Crippen LogP contribution in [0.3, 0.4) is 0 Å². The van der Waals surface area contributed by atoms with Gasteiger partial charge < -0.3 is 10.1 Å². The summed E-state index contributed by atoms with van der Waals surface area (Å²) in [7, 11) is -2.40. The van der Waals surface area contributed by atoms with Crippen LogP contribution in [-0.2, 0) is 10.0 Å². The van der Waals surface area contributed by atoms with Crippen LogP contribution < -0.4 is 14.8 Å². The fourth-order valence-electron chi connectivity index (χ4n) is 3.76. The highest BCUT2D eigenvalue weighted by Crippen LogP contribution is 2.28. The number of anilines is 1. The molecule has 180 valence electrons. The van der Waals surface area contributed by atoms with Crippen LogP contribution in [-0.4, -0.2) is 21.4 Å². The van der Waals surface area contributed by atoms with Gasteiger partial charge in [-0.15, -0.1) is 0 Å². The highest BCUT2D eigenvalue weighted by atomic mass is 35.5. The number of halogens is 1. The minimum Gasteiger partial charge on any atom is -0.496 e. The van der Waals surface area contributed by atoms with E-state index in [2.05, 4.69) is 10.0 Å². The van der Waals surface area contributed by atoms with Crippen LogP contribution in [0.2, 0.25) is 5.02 Å². The molecule has 3 aromatic rings. The molecule has 0 saturated heterocycles. The van der Waals surface area contributed by atoms with E-state index in [9.17, 15) is 13.2 Å². The van der Waals surface area contributed by atoms with Crippen molar-refractivity contribution in [3.05, 3.63) is 87.4 Å². The second kappa shape index (κ2) is 10.5. The lowest BCUT2D eigenvalue weighted by Gasteiger charge is -2.19. The van der Waals surface area contributed by atoms with Gasteiger partial charge in [0.1, 0.15) is 10.6 Å². The number of hydrogen-bond acceptors (Lipinski definition) is 4. The predicted molar refractivity (Wildman–Crippen MR) is 136 cm³/mol. The summed E-state index contributed by atoms with van der Waals surface area (Å²) >= 11 is 6.23. The molecule has 1 unspecified atom stereocenters. The molecule has 8 heteroatoms. The van der Waals surface area contributed by atoms with Crippen LogP contribution >= 0.6 is 11.6 Å². The fraction of sp³-hybridized carbons (Fsp3) is 0.269. The first-order valence-corrected chi connectivity index (χ1v) is 12.8. The Kier molecular flexibility index (Phi) is 7.89. The number of amides is 1. The van der Waals surface area contributed by atoms with Crippen molar-refractivity contribution in [1.29, 1.82) is 0 Å². The van der Waals surface area contributed by atoms with E-state index < -0.39 is 10.0 Å². The maximum Gasteiger partial charge on any atom is 0.263 e. The predicted octanol–water partition coefficient (Wildman–Crippen LogP) is 5.96. The van der Waals surface area contributed by atoms with Crippen LogP contribution in [0.1, 0.15) is 52.0 Å². The Hall–Kier alpha value is -3.03. The van der Waals surface area contributed by atoms with Gasteiger partial charge in [-0.05, 0) is 74.2 Å². The summed E-state index contributed by atoms with van der Waals surface area (Å²) in [6.45, 7) is 7.66. The van der Waals surface area contributed by atoms with Crippen molar-refractivity contribution in [2.75, 3.05) is 11.8 Å². The number of hydrogen-bond donors (Lipinski definition) is 2. The molecule has 34 heavy (non-hydrogen) atoms. The van der Waals surface area contributed by atoms with E-state index in [1.807, 2.05) is 58.0 Å². The molecule has 3 aromatic carbocycles. The lowest BCUT2D eigenvalue weighted by Crippen LogP contribution is -2.28. The third-order valence-electron chi connectivity index (χ3n) is 5.64. The van der Waals surface area contributed by atoms with Gasteiger partial charge in [-0.3, -0.25) is 9.52 Å². The third kappa shape index (κ3) is 5.72. The number of ether oxygens (including phenoxy) is 1.